The first-order chi connectivity index (χ1) is 10.0. The van der Waals surface area contributed by atoms with Crippen molar-refractivity contribution in [1.29, 1.82) is 0 Å². The first kappa shape index (κ1) is 13.9. The molecule has 7 heteroatoms. The van der Waals surface area contributed by atoms with E-state index in [0.29, 0.717) is 5.56 Å². The van der Waals surface area contributed by atoms with Crippen molar-refractivity contribution in [3.63, 3.8) is 0 Å². The first-order valence-electron chi connectivity index (χ1n) is 5.82. The van der Waals surface area contributed by atoms with Gasteiger partial charge in [-0.25, -0.2) is 8.78 Å². The minimum absolute atomic E-state index is 0.00379. The Morgan fingerprint density at radius 3 is 2.62 bits per heavy atom. The number of halogens is 3. The number of hydrogen-bond acceptors (Lipinski definition) is 4. The van der Waals surface area contributed by atoms with Crippen molar-refractivity contribution in [3.05, 3.63) is 51.6 Å². The lowest BCUT2D eigenvalue weighted by Crippen LogP contribution is -1.87. The van der Waals surface area contributed by atoms with Gasteiger partial charge in [0, 0.05) is 9.13 Å². The fourth-order valence-corrected chi connectivity index (χ4v) is 2.26. The smallest absolute Gasteiger partial charge is 0.262 e. The number of hydrogen-bond donors (Lipinski definition) is 1. The van der Waals surface area contributed by atoms with Crippen molar-refractivity contribution in [2.75, 3.05) is 0 Å². The molecule has 0 unspecified atom stereocenters. The van der Waals surface area contributed by atoms with E-state index in [1.165, 1.54) is 12.1 Å². The van der Waals surface area contributed by atoms with Gasteiger partial charge in [0.25, 0.3) is 5.89 Å². The van der Waals surface area contributed by atoms with Gasteiger partial charge in [0.1, 0.15) is 5.75 Å². The molecule has 0 fully saturated rings. The lowest BCUT2D eigenvalue weighted by molar-refractivity contribution is 0.425. The second kappa shape index (κ2) is 5.40. The summed E-state index contributed by atoms with van der Waals surface area (Å²) in [5.74, 6) is -1.72. The molecular weight excluding hydrogens is 393 g/mol. The topological polar surface area (TPSA) is 59.2 Å². The summed E-state index contributed by atoms with van der Waals surface area (Å²) in [5.41, 5.74) is 0.664. The average molecular weight is 400 g/mol. The summed E-state index contributed by atoms with van der Waals surface area (Å²) in [6.07, 6.45) is 0. The van der Waals surface area contributed by atoms with Gasteiger partial charge in [-0.3, -0.25) is 0 Å². The molecule has 3 aromatic rings. The highest BCUT2D eigenvalue weighted by Crippen LogP contribution is 2.31. The van der Waals surface area contributed by atoms with E-state index >= 15 is 0 Å². The second-order valence-electron chi connectivity index (χ2n) is 4.21. The summed E-state index contributed by atoms with van der Waals surface area (Å²) in [6, 6.07) is 8.24. The molecule has 0 spiro atoms. The summed E-state index contributed by atoms with van der Waals surface area (Å²) in [7, 11) is 0. The van der Waals surface area contributed by atoms with Gasteiger partial charge in [0.2, 0.25) is 5.82 Å². The molecule has 106 valence electrons. The summed E-state index contributed by atoms with van der Waals surface area (Å²) in [4.78, 5) is 4.09. The Balaban J connectivity index is 2.03. The van der Waals surface area contributed by atoms with Crippen LogP contribution in [0.25, 0.3) is 22.8 Å². The number of phenols is 1. The monoisotopic (exact) mass is 400 g/mol. The molecule has 0 saturated heterocycles. The Labute approximate surface area is 131 Å². The van der Waals surface area contributed by atoms with Gasteiger partial charge in [0.05, 0.1) is 5.56 Å². The van der Waals surface area contributed by atoms with Crippen LogP contribution in [0.4, 0.5) is 8.78 Å². The van der Waals surface area contributed by atoms with Gasteiger partial charge < -0.3 is 9.63 Å². The van der Waals surface area contributed by atoms with E-state index in [1.54, 1.807) is 12.1 Å². The maximum atomic E-state index is 13.2. The Morgan fingerprint density at radius 2 is 1.86 bits per heavy atom. The number of nitrogens with zero attached hydrogens (tertiary/aromatic N) is 2. The van der Waals surface area contributed by atoms with Gasteiger partial charge in [0.15, 0.2) is 11.6 Å². The Bertz CT molecular complexity index is 820. The highest BCUT2D eigenvalue weighted by atomic mass is 127. The van der Waals surface area contributed by atoms with Crippen LogP contribution < -0.4 is 0 Å². The fraction of sp³-hybridized carbons (Fsp3) is 0. The maximum absolute atomic E-state index is 13.2. The third-order valence-corrected chi connectivity index (χ3v) is 3.46. The molecule has 1 heterocycles. The molecule has 3 rings (SSSR count). The van der Waals surface area contributed by atoms with Crippen molar-refractivity contribution in [3.8, 4) is 28.6 Å². The molecule has 0 radical (unpaired) electrons. The van der Waals surface area contributed by atoms with Crippen LogP contribution in [0.5, 0.6) is 5.75 Å². The molecule has 0 aliphatic heterocycles. The van der Waals surface area contributed by atoms with Crippen molar-refractivity contribution < 1.29 is 18.4 Å². The molecular formula is C14H7F2IN2O2. The van der Waals surface area contributed by atoms with Crippen LogP contribution in [0.15, 0.2) is 40.9 Å². The number of aromatic nitrogens is 2. The predicted octanol–water partition coefficient (Wildman–Crippen LogP) is 3.99. The molecule has 2 aromatic carbocycles. The minimum Gasteiger partial charge on any atom is -0.507 e. The SMILES string of the molecule is Oc1ccc(I)cc1-c1nc(-c2ccc(F)c(F)c2)no1. The van der Waals surface area contributed by atoms with E-state index in [0.717, 1.165) is 15.7 Å². The number of rotatable bonds is 2. The molecule has 21 heavy (non-hydrogen) atoms. The highest BCUT2D eigenvalue weighted by molar-refractivity contribution is 14.1. The highest BCUT2D eigenvalue weighted by Gasteiger charge is 2.15. The normalized spacial score (nSPS) is 10.8. The van der Waals surface area contributed by atoms with Gasteiger partial charge in [-0.1, -0.05) is 5.16 Å². The van der Waals surface area contributed by atoms with Gasteiger partial charge in [-0.2, -0.15) is 4.98 Å². The molecule has 4 nitrogen and oxygen atoms in total. The van der Waals surface area contributed by atoms with Crippen LogP contribution in [-0.4, -0.2) is 15.2 Å². The quantitative estimate of drug-likeness (QED) is 0.661. The number of phenolic OH excluding ortho intramolecular Hbond substituents is 1. The predicted molar refractivity (Wildman–Crippen MR) is 79.5 cm³/mol. The fourth-order valence-electron chi connectivity index (χ4n) is 1.76. The number of benzene rings is 2. The van der Waals surface area contributed by atoms with Crippen molar-refractivity contribution in [2.45, 2.75) is 0 Å². The Kier molecular flexibility index (Phi) is 3.58. The van der Waals surface area contributed by atoms with E-state index in [-0.39, 0.29) is 23.0 Å². The molecule has 1 N–H and O–H groups in total. The standard InChI is InChI=1S/C14H7F2IN2O2/c15-10-3-1-7(5-11(10)16)13-18-14(21-19-13)9-6-8(17)2-4-12(9)20/h1-6,20H. The summed E-state index contributed by atoms with van der Waals surface area (Å²) in [5, 5.41) is 13.5. The van der Waals surface area contributed by atoms with Gasteiger partial charge in [-0.05, 0) is 59.0 Å². The van der Waals surface area contributed by atoms with Crippen LogP contribution in [0.1, 0.15) is 0 Å². The van der Waals surface area contributed by atoms with Gasteiger partial charge >= 0.3 is 0 Å². The Hall–Kier alpha value is -2.03. The molecule has 0 saturated carbocycles. The lowest BCUT2D eigenvalue weighted by Gasteiger charge is -1.99. The third-order valence-electron chi connectivity index (χ3n) is 2.79. The van der Waals surface area contributed by atoms with Crippen LogP contribution in [-0.2, 0) is 0 Å². The zero-order valence-electron chi connectivity index (χ0n) is 10.3. The number of aromatic hydroxyl groups is 1. The molecule has 1 aromatic heterocycles. The van der Waals surface area contributed by atoms with Crippen LogP contribution in [0.3, 0.4) is 0 Å². The lowest BCUT2D eigenvalue weighted by atomic mass is 10.2. The third kappa shape index (κ3) is 2.73. The maximum Gasteiger partial charge on any atom is 0.262 e. The van der Waals surface area contributed by atoms with E-state index < -0.39 is 11.6 Å². The first-order valence-corrected chi connectivity index (χ1v) is 6.90. The van der Waals surface area contributed by atoms with Crippen molar-refractivity contribution in [1.82, 2.24) is 10.1 Å². The van der Waals surface area contributed by atoms with Crippen LogP contribution in [0.2, 0.25) is 0 Å². The molecule has 0 aliphatic carbocycles. The van der Waals surface area contributed by atoms with Crippen LogP contribution >= 0.6 is 22.6 Å². The van der Waals surface area contributed by atoms with E-state index in [4.69, 9.17) is 4.52 Å². The summed E-state index contributed by atoms with van der Waals surface area (Å²) >= 11 is 2.08. The summed E-state index contributed by atoms with van der Waals surface area (Å²) in [6.45, 7) is 0. The molecule has 0 bridgehead atoms. The van der Waals surface area contributed by atoms with Gasteiger partial charge in [-0.15, -0.1) is 0 Å². The van der Waals surface area contributed by atoms with Crippen molar-refractivity contribution in [2.24, 2.45) is 0 Å². The zero-order valence-corrected chi connectivity index (χ0v) is 12.5. The average Bonchev–Trinajstić information content (AvgIpc) is 2.94. The van der Waals surface area contributed by atoms with E-state index in [2.05, 4.69) is 32.7 Å². The van der Waals surface area contributed by atoms with Crippen molar-refractivity contribution >= 4 is 22.6 Å². The summed E-state index contributed by atoms with van der Waals surface area (Å²) < 4.78 is 32.1. The van der Waals surface area contributed by atoms with Crippen LogP contribution in [0, 0.1) is 15.2 Å². The minimum atomic E-state index is -0.990. The zero-order chi connectivity index (χ0) is 15.0. The Morgan fingerprint density at radius 1 is 1.05 bits per heavy atom. The second-order valence-corrected chi connectivity index (χ2v) is 5.46. The molecule has 0 aliphatic rings. The molecule has 0 atom stereocenters. The van der Waals surface area contributed by atoms with E-state index in [9.17, 15) is 13.9 Å². The molecule has 0 amide bonds. The van der Waals surface area contributed by atoms with E-state index in [1.807, 2.05) is 0 Å². The largest absolute Gasteiger partial charge is 0.507 e.